The van der Waals surface area contributed by atoms with Crippen LogP contribution in [-0.2, 0) is 19.1 Å². The van der Waals surface area contributed by atoms with Crippen molar-refractivity contribution >= 4 is 12.1 Å². The van der Waals surface area contributed by atoms with E-state index < -0.39 is 16.8 Å². The molecule has 23 heavy (non-hydrogen) atoms. The largest absolute Gasteiger partial charge is 0.460 e. The minimum Gasteiger partial charge on any atom is -0.460 e. The lowest BCUT2D eigenvalue weighted by Gasteiger charge is -2.40. The summed E-state index contributed by atoms with van der Waals surface area (Å²) in [5.74, 6) is 5.08. The van der Waals surface area contributed by atoms with Crippen LogP contribution in [0.15, 0.2) is 0 Å². The van der Waals surface area contributed by atoms with Gasteiger partial charge < -0.3 is 14.4 Å². The number of likely N-dealkylation sites (tertiary alicyclic amines) is 1. The van der Waals surface area contributed by atoms with Crippen molar-refractivity contribution < 1.29 is 23.9 Å². The molecule has 1 aliphatic heterocycles. The van der Waals surface area contributed by atoms with Gasteiger partial charge in [-0.25, -0.2) is 10.7 Å². The van der Waals surface area contributed by atoms with Crippen LogP contribution in [-0.4, -0.2) is 46.9 Å². The first-order valence-electron chi connectivity index (χ1n) is 7.93. The molecular weight excluding hydrogens is 300 g/mol. The predicted molar refractivity (Wildman–Crippen MR) is 85.5 cm³/mol. The van der Waals surface area contributed by atoms with Crippen molar-refractivity contribution in [3.8, 4) is 0 Å². The second kappa shape index (κ2) is 7.05. The number of nitrogens with two attached hydrogens (primary N) is 1. The molecule has 134 valence electrons. The quantitative estimate of drug-likeness (QED) is 0.631. The summed E-state index contributed by atoms with van der Waals surface area (Å²) in [4.78, 5) is 30.8. The topological polar surface area (TPSA) is 91.1 Å². The molecule has 0 spiro atoms. The number of hydrogen-bond acceptors (Lipinski definition) is 6. The Bertz CT molecular complexity index is 429. The van der Waals surface area contributed by atoms with Gasteiger partial charge in [0.05, 0.1) is 6.42 Å². The third-order valence-corrected chi connectivity index (χ3v) is 3.46. The van der Waals surface area contributed by atoms with Crippen LogP contribution in [0.4, 0.5) is 4.79 Å². The maximum atomic E-state index is 12.1. The highest BCUT2D eigenvalue weighted by molar-refractivity contribution is 5.71. The third kappa shape index (κ3) is 6.74. The molecule has 1 rings (SSSR count). The van der Waals surface area contributed by atoms with Gasteiger partial charge in [0.25, 0.3) is 0 Å². The van der Waals surface area contributed by atoms with Crippen LogP contribution < -0.4 is 5.90 Å². The number of ether oxygens (including phenoxy) is 2. The van der Waals surface area contributed by atoms with Gasteiger partial charge in [-0.15, -0.1) is 0 Å². The van der Waals surface area contributed by atoms with Crippen molar-refractivity contribution in [2.45, 2.75) is 77.6 Å². The van der Waals surface area contributed by atoms with Crippen molar-refractivity contribution in [2.75, 3.05) is 13.1 Å². The molecule has 1 fully saturated rings. The molecule has 0 bridgehead atoms. The van der Waals surface area contributed by atoms with Gasteiger partial charge in [0.15, 0.2) is 0 Å². The monoisotopic (exact) mass is 330 g/mol. The lowest BCUT2D eigenvalue weighted by atomic mass is 9.88. The molecule has 2 N–H and O–H groups in total. The van der Waals surface area contributed by atoms with E-state index in [9.17, 15) is 9.59 Å². The molecule has 0 unspecified atom stereocenters. The van der Waals surface area contributed by atoms with Crippen molar-refractivity contribution in [3.63, 3.8) is 0 Å². The van der Waals surface area contributed by atoms with E-state index in [0.717, 1.165) is 0 Å². The van der Waals surface area contributed by atoms with Crippen molar-refractivity contribution in [3.05, 3.63) is 0 Å². The van der Waals surface area contributed by atoms with Gasteiger partial charge in [0.1, 0.15) is 16.8 Å². The Morgan fingerprint density at radius 3 is 1.87 bits per heavy atom. The summed E-state index contributed by atoms with van der Waals surface area (Å²) < 4.78 is 10.7. The fourth-order valence-corrected chi connectivity index (χ4v) is 2.40. The first-order chi connectivity index (χ1) is 10.4. The summed E-state index contributed by atoms with van der Waals surface area (Å²) in [6.45, 7) is 11.8. The molecular formula is C16H30N2O5. The van der Waals surface area contributed by atoms with Crippen LogP contribution in [0.5, 0.6) is 0 Å². The fourth-order valence-electron chi connectivity index (χ4n) is 2.40. The molecule has 0 saturated carbocycles. The standard InChI is InChI=1S/C16H30N2O5/c1-14(2,3)21-12(19)11-16(23-17)7-9-18(10-8-16)13(20)22-15(4,5)6/h7-11,17H2,1-6H3. The second-order valence-corrected chi connectivity index (χ2v) is 8.03. The molecule has 1 aliphatic rings. The van der Waals surface area contributed by atoms with Crippen LogP contribution in [0.1, 0.15) is 60.8 Å². The summed E-state index contributed by atoms with van der Waals surface area (Å²) in [5.41, 5.74) is -1.88. The summed E-state index contributed by atoms with van der Waals surface area (Å²) in [7, 11) is 0. The molecule has 0 aromatic rings. The number of piperidine rings is 1. The Balaban J connectivity index is 2.59. The average molecular weight is 330 g/mol. The van der Waals surface area contributed by atoms with Gasteiger partial charge in [-0.3, -0.25) is 9.63 Å². The van der Waals surface area contributed by atoms with Gasteiger partial charge in [-0.2, -0.15) is 0 Å². The highest BCUT2D eigenvalue weighted by Gasteiger charge is 2.40. The Morgan fingerprint density at radius 1 is 1.00 bits per heavy atom. The molecule has 0 atom stereocenters. The number of rotatable bonds is 3. The zero-order valence-electron chi connectivity index (χ0n) is 15.1. The Kier molecular flexibility index (Phi) is 6.04. The van der Waals surface area contributed by atoms with Crippen LogP contribution in [0.3, 0.4) is 0 Å². The van der Waals surface area contributed by atoms with E-state index in [1.54, 1.807) is 4.90 Å². The summed E-state index contributed by atoms with van der Waals surface area (Å²) in [5, 5.41) is 0. The van der Waals surface area contributed by atoms with Gasteiger partial charge in [-0.1, -0.05) is 0 Å². The number of carbonyl (C=O) groups is 2. The molecule has 7 nitrogen and oxygen atoms in total. The summed E-state index contributed by atoms with van der Waals surface area (Å²) in [6, 6.07) is 0. The van der Waals surface area contributed by atoms with E-state index in [0.29, 0.717) is 25.9 Å². The van der Waals surface area contributed by atoms with E-state index in [1.165, 1.54) is 0 Å². The minimum atomic E-state index is -0.791. The molecule has 1 saturated heterocycles. The Morgan fingerprint density at radius 2 is 1.48 bits per heavy atom. The van der Waals surface area contributed by atoms with Crippen LogP contribution in [0, 0.1) is 0 Å². The number of esters is 1. The highest BCUT2D eigenvalue weighted by atomic mass is 16.6. The second-order valence-electron chi connectivity index (χ2n) is 8.03. The number of carbonyl (C=O) groups excluding carboxylic acids is 2. The molecule has 0 aliphatic carbocycles. The summed E-state index contributed by atoms with van der Waals surface area (Å²) in [6.07, 6.45) is 0.632. The highest BCUT2D eigenvalue weighted by Crippen LogP contribution is 2.30. The van der Waals surface area contributed by atoms with Crippen LogP contribution in [0.2, 0.25) is 0 Å². The van der Waals surface area contributed by atoms with Crippen molar-refractivity contribution in [1.82, 2.24) is 4.90 Å². The molecule has 0 aromatic heterocycles. The van der Waals surface area contributed by atoms with Crippen molar-refractivity contribution in [2.24, 2.45) is 5.90 Å². The first kappa shape index (κ1) is 19.7. The minimum absolute atomic E-state index is 0.0723. The molecule has 7 heteroatoms. The van der Waals surface area contributed by atoms with E-state index in [2.05, 4.69) is 0 Å². The third-order valence-electron chi connectivity index (χ3n) is 3.46. The number of hydrogen-bond donors (Lipinski definition) is 1. The fraction of sp³-hybridized carbons (Fsp3) is 0.875. The smallest absolute Gasteiger partial charge is 0.410 e. The van der Waals surface area contributed by atoms with Gasteiger partial charge >= 0.3 is 12.1 Å². The van der Waals surface area contributed by atoms with E-state index in [4.69, 9.17) is 20.2 Å². The SMILES string of the molecule is CC(C)(C)OC(=O)CC1(ON)CCN(C(=O)OC(C)(C)C)CC1. The lowest BCUT2D eigenvalue weighted by molar-refractivity contribution is -0.166. The maximum absolute atomic E-state index is 12.1. The van der Waals surface area contributed by atoms with Gasteiger partial charge in [-0.05, 0) is 54.4 Å². The first-order valence-corrected chi connectivity index (χ1v) is 7.93. The molecule has 1 heterocycles. The maximum Gasteiger partial charge on any atom is 0.410 e. The number of amides is 1. The number of nitrogens with zero attached hydrogens (tertiary/aromatic N) is 1. The molecule has 1 amide bonds. The zero-order valence-corrected chi connectivity index (χ0v) is 15.1. The van der Waals surface area contributed by atoms with Gasteiger partial charge in [0.2, 0.25) is 0 Å². The van der Waals surface area contributed by atoms with Gasteiger partial charge in [0, 0.05) is 13.1 Å². The summed E-state index contributed by atoms with van der Waals surface area (Å²) >= 11 is 0. The van der Waals surface area contributed by atoms with Crippen LogP contribution >= 0.6 is 0 Å². The Labute approximate surface area is 138 Å². The normalized spacial score (nSPS) is 18.5. The lowest BCUT2D eigenvalue weighted by Crippen LogP contribution is -2.51. The van der Waals surface area contributed by atoms with E-state index in [-0.39, 0.29) is 18.5 Å². The van der Waals surface area contributed by atoms with E-state index >= 15 is 0 Å². The van der Waals surface area contributed by atoms with Crippen LogP contribution in [0.25, 0.3) is 0 Å². The Hall–Kier alpha value is -1.34. The van der Waals surface area contributed by atoms with E-state index in [1.807, 2.05) is 41.5 Å². The van der Waals surface area contributed by atoms with Crippen molar-refractivity contribution in [1.29, 1.82) is 0 Å². The molecule has 0 aromatic carbocycles. The average Bonchev–Trinajstić information content (AvgIpc) is 2.35. The molecule has 0 radical (unpaired) electrons. The predicted octanol–water partition coefficient (Wildman–Crippen LogP) is 2.38. The zero-order chi connectivity index (χ0) is 17.9.